The quantitative estimate of drug-likeness (QED) is 0.370. The SMILES string of the molecule is Cc1cc[nH]c1C(=O)N[C@@H](Cc1ccccc1F)C(=O)NCc1cnc2[nH]ccc2c1. The molecule has 4 rings (SSSR count). The van der Waals surface area contributed by atoms with Gasteiger partial charge in [0.05, 0.1) is 0 Å². The Kier molecular flexibility index (Phi) is 5.79. The van der Waals surface area contributed by atoms with E-state index in [-0.39, 0.29) is 13.0 Å². The number of carbonyl (C=O) groups excluding carboxylic acids is 2. The predicted octanol–water partition coefficient (Wildman–Crippen LogP) is 3.00. The lowest BCUT2D eigenvalue weighted by molar-refractivity contribution is -0.123. The van der Waals surface area contributed by atoms with E-state index < -0.39 is 23.7 Å². The van der Waals surface area contributed by atoms with Crippen molar-refractivity contribution < 1.29 is 14.0 Å². The predicted molar refractivity (Wildman–Crippen MR) is 115 cm³/mol. The molecule has 0 unspecified atom stereocenters. The van der Waals surface area contributed by atoms with Crippen molar-refractivity contribution in [2.75, 3.05) is 0 Å². The van der Waals surface area contributed by atoms with Crippen molar-refractivity contribution in [3.63, 3.8) is 0 Å². The number of amides is 2. The Balaban J connectivity index is 1.50. The lowest BCUT2D eigenvalue weighted by Crippen LogP contribution is -2.48. The molecule has 0 bridgehead atoms. The molecule has 3 heterocycles. The van der Waals surface area contributed by atoms with E-state index in [4.69, 9.17) is 0 Å². The van der Waals surface area contributed by atoms with Gasteiger partial charge in [0.15, 0.2) is 0 Å². The molecular formula is C23H22FN5O2. The number of hydrogen-bond donors (Lipinski definition) is 4. The van der Waals surface area contributed by atoms with E-state index in [1.54, 1.807) is 49.8 Å². The number of rotatable bonds is 7. The van der Waals surface area contributed by atoms with Crippen LogP contribution in [0, 0.1) is 12.7 Å². The number of aromatic nitrogens is 3. The molecule has 3 aromatic heterocycles. The molecule has 8 heteroatoms. The number of H-pyrrole nitrogens is 2. The summed E-state index contributed by atoms with van der Waals surface area (Å²) in [4.78, 5) is 35.8. The largest absolute Gasteiger partial charge is 0.357 e. The molecule has 0 saturated carbocycles. The smallest absolute Gasteiger partial charge is 0.268 e. The van der Waals surface area contributed by atoms with Crippen molar-refractivity contribution >= 4 is 22.8 Å². The fraction of sp³-hybridized carbons (Fsp3) is 0.174. The van der Waals surface area contributed by atoms with Gasteiger partial charge in [-0.05, 0) is 47.9 Å². The van der Waals surface area contributed by atoms with Crippen molar-refractivity contribution in [3.05, 3.63) is 89.3 Å². The van der Waals surface area contributed by atoms with Gasteiger partial charge in [-0.15, -0.1) is 0 Å². The first-order valence-electron chi connectivity index (χ1n) is 9.89. The molecule has 0 spiro atoms. The maximum Gasteiger partial charge on any atom is 0.268 e. The Morgan fingerprint density at radius 2 is 1.94 bits per heavy atom. The minimum Gasteiger partial charge on any atom is -0.357 e. The van der Waals surface area contributed by atoms with Crippen LogP contribution in [0.2, 0.25) is 0 Å². The third-order valence-electron chi connectivity index (χ3n) is 5.11. The van der Waals surface area contributed by atoms with Gasteiger partial charge in [0.2, 0.25) is 5.91 Å². The summed E-state index contributed by atoms with van der Waals surface area (Å²) in [5.74, 6) is -1.25. The summed E-state index contributed by atoms with van der Waals surface area (Å²) < 4.78 is 14.2. The van der Waals surface area contributed by atoms with Crippen molar-refractivity contribution in [2.45, 2.75) is 25.9 Å². The molecule has 0 aliphatic heterocycles. The lowest BCUT2D eigenvalue weighted by atomic mass is 10.0. The molecule has 4 N–H and O–H groups in total. The van der Waals surface area contributed by atoms with Gasteiger partial charge < -0.3 is 20.6 Å². The first kappa shape index (κ1) is 20.3. The molecule has 1 atom stereocenters. The van der Waals surface area contributed by atoms with Crippen LogP contribution in [-0.4, -0.2) is 32.8 Å². The molecule has 4 aromatic rings. The zero-order valence-corrected chi connectivity index (χ0v) is 16.9. The number of nitrogens with one attached hydrogen (secondary N) is 4. The highest BCUT2D eigenvalue weighted by Crippen LogP contribution is 2.13. The molecule has 0 fully saturated rings. The molecule has 0 saturated heterocycles. The average molecular weight is 419 g/mol. The molecule has 2 amide bonds. The highest BCUT2D eigenvalue weighted by atomic mass is 19.1. The fourth-order valence-corrected chi connectivity index (χ4v) is 3.41. The Morgan fingerprint density at radius 3 is 2.71 bits per heavy atom. The van der Waals surface area contributed by atoms with Crippen molar-refractivity contribution in [2.24, 2.45) is 0 Å². The molecular weight excluding hydrogens is 397 g/mol. The summed E-state index contributed by atoms with van der Waals surface area (Å²) in [5, 5.41) is 6.49. The van der Waals surface area contributed by atoms with E-state index in [1.807, 2.05) is 12.1 Å². The van der Waals surface area contributed by atoms with Crippen LogP contribution in [0.1, 0.15) is 27.2 Å². The minimum atomic E-state index is -0.948. The van der Waals surface area contributed by atoms with Crippen LogP contribution in [0.15, 0.2) is 61.1 Å². The van der Waals surface area contributed by atoms with Crippen LogP contribution in [0.4, 0.5) is 4.39 Å². The summed E-state index contributed by atoms with van der Waals surface area (Å²) >= 11 is 0. The highest BCUT2D eigenvalue weighted by Gasteiger charge is 2.24. The number of fused-ring (bicyclic) bond motifs is 1. The second kappa shape index (κ2) is 8.83. The number of aryl methyl sites for hydroxylation is 1. The van der Waals surface area contributed by atoms with E-state index >= 15 is 0 Å². The Bertz CT molecular complexity index is 1230. The summed E-state index contributed by atoms with van der Waals surface area (Å²) in [6, 6.07) is 10.9. The fourth-order valence-electron chi connectivity index (χ4n) is 3.41. The maximum absolute atomic E-state index is 14.2. The van der Waals surface area contributed by atoms with Crippen LogP contribution in [0.5, 0.6) is 0 Å². The Hall–Kier alpha value is -3.94. The standard InChI is InChI=1S/C23H22FN5O2/c1-14-6-8-25-20(14)23(31)29-19(11-16-4-2-3-5-18(16)24)22(30)28-13-15-10-17-7-9-26-21(17)27-12-15/h2-10,12,19,25H,11,13H2,1H3,(H,26,27)(H,28,30)(H,29,31)/t19-/m0/s1. The Morgan fingerprint density at radius 1 is 1.13 bits per heavy atom. The van der Waals surface area contributed by atoms with Crippen LogP contribution in [0.3, 0.4) is 0 Å². The summed E-state index contributed by atoms with van der Waals surface area (Å²) in [6.45, 7) is 2.03. The van der Waals surface area contributed by atoms with Gasteiger partial charge in [-0.1, -0.05) is 18.2 Å². The second-order valence-corrected chi connectivity index (χ2v) is 7.33. The molecule has 0 aliphatic carbocycles. The van der Waals surface area contributed by atoms with E-state index in [0.717, 1.165) is 22.2 Å². The van der Waals surface area contributed by atoms with Gasteiger partial charge in [0, 0.05) is 36.9 Å². The first-order chi connectivity index (χ1) is 15.0. The van der Waals surface area contributed by atoms with E-state index in [1.165, 1.54) is 6.07 Å². The van der Waals surface area contributed by atoms with Gasteiger partial charge in [-0.2, -0.15) is 0 Å². The molecule has 7 nitrogen and oxygen atoms in total. The molecule has 1 aromatic carbocycles. The molecule has 0 radical (unpaired) electrons. The van der Waals surface area contributed by atoms with Gasteiger partial charge in [0.25, 0.3) is 5.91 Å². The lowest BCUT2D eigenvalue weighted by Gasteiger charge is -2.19. The zero-order valence-electron chi connectivity index (χ0n) is 16.9. The third kappa shape index (κ3) is 4.63. The van der Waals surface area contributed by atoms with Crippen LogP contribution < -0.4 is 10.6 Å². The number of carbonyl (C=O) groups is 2. The van der Waals surface area contributed by atoms with Crippen molar-refractivity contribution in [1.29, 1.82) is 0 Å². The van der Waals surface area contributed by atoms with Crippen LogP contribution in [-0.2, 0) is 17.8 Å². The van der Waals surface area contributed by atoms with Gasteiger partial charge in [-0.25, -0.2) is 9.37 Å². The van der Waals surface area contributed by atoms with Crippen molar-refractivity contribution in [3.8, 4) is 0 Å². The minimum absolute atomic E-state index is 0.0269. The monoisotopic (exact) mass is 419 g/mol. The molecule has 158 valence electrons. The van der Waals surface area contributed by atoms with Gasteiger partial charge in [-0.3, -0.25) is 9.59 Å². The van der Waals surface area contributed by atoms with Gasteiger partial charge in [0.1, 0.15) is 23.2 Å². The molecule has 0 aliphatic rings. The zero-order chi connectivity index (χ0) is 21.8. The number of pyridine rings is 1. The number of benzene rings is 1. The topological polar surface area (TPSA) is 103 Å². The third-order valence-corrected chi connectivity index (χ3v) is 5.11. The molecule has 31 heavy (non-hydrogen) atoms. The Labute approximate surface area is 178 Å². The number of halogens is 1. The van der Waals surface area contributed by atoms with E-state index in [2.05, 4.69) is 25.6 Å². The normalized spacial score (nSPS) is 11.9. The summed E-state index contributed by atoms with van der Waals surface area (Å²) in [5.41, 5.74) is 3.06. The number of hydrogen-bond acceptors (Lipinski definition) is 3. The van der Waals surface area contributed by atoms with Gasteiger partial charge >= 0.3 is 0 Å². The maximum atomic E-state index is 14.2. The van der Waals surface area contributed by atoms with Crippen LogP contribution in [0.25, 0.3) is 11.0 Å². The van der Waals surface area contributed by atoms with E-state index in [0.29, 0.717) is 11.3 Å². The highest BCUT2D eigenvalue weighted by molar-refractivity contribution is 5.97. The second-order valence-electron chi connectivity index (χ2n) is 7.33. The van der Waals surface area contributed by atoms with Crippen LogP contribution >= 0.6 is 0 Å². The number of nitrogens with zero attached hydrogens (tertiary/aromatic N) is 1. The summed E-state index contributed by atoms with van der Waals surface area (Å²) in [6.07, 6.45) is 5.15. The average Bonchev–Trinajstić information content (AvgIpc) is 3.41. The van der Waals surface area contributed by atoms with E-state index in [9.17, 15) is 14.0 Å². The van der Waals surface area contributed by atoms with Crippen molar-refractivity contribution in [1.82, 2.24) is 25.6 Å². The first-order valence-corrected chi connectivity index (χ1v) is 9.89. The number of aromatic amines is 2. The summed E-state index contributed by atoms with van der Waals surface area (Å²) in [7, 11) is 0.